The first kappa shape index (κ1) is 13.8. The fraction of sp³-hybridized carbons (Fsp3) is 0.333. The molecule has 0 spiro atoms. The normalized spacial score (nSPS) is 12.9. The Hall–Kier alpha value is -2.16. The van der Waals surface area contributed by atoms with Crippen molar-refractivity contribution >= 4 is 5.69 Å². The lowest BCUT2D eigenvalue weighted by Crippen LogP contribution is -2.02. The van der Waals surface area contributed by atoms with Crippen molar-refractivity contribution < 1.29 is 9.47 Å². The van der Waals surface area contributed by atoms with Crippen LogP contribution in [-0.4, -0.2) is 14.2 Å². The van der Waals surface area contributed by atoms with Gasteiger partial charge in [-0.15, -0.1) is 0 Å². The molecule has 0 amide bonds. The summed E-state index contributed by atoms with van der Waals surface area (Å²) in [6, 6.07) is 12.6. The summed E-state index contributed by atoms with van der Waals surface area (Å²) in [7, 11) is 3.35. The van der Waals surface area contributed by atoms with E-state index in [-0.39, 0.29) is 0 Å². The summed E-state index contributed by atoms with van der Waals surface area (Å²) in [6.45, 7) is 0.742. The van der Waals surface area contributed by atoms with Crippen LogP contribution in [0, 0.1) is 0 Å². The summed E-state index contributed by atoms with van der Waals surface area (Å²) >= 11 is 0. The van der Waals surface area contributed by atoms with Gasteiger partial charge in [-0.3, -0.25) is 0 Å². The van der Waals surface area contributed by atoms with Crippen LogP contribution in [0.15, 0.2) is 36.4 Å². The molecule has 0 saturated heterocycles. The smallest absolute Gasteiger partial charge is 0.127 e. The van der Waals surface area contributed by atoms with Crippen molar-refractivity contribution in [3.63, 3.8) is 0 Å². The van der Waals surface area contributed by atoms with Crippen LogP contribution in [-0.2, 0) is 19.4 Å². The van der Waals surface area contributed by atoms with Gasteiger partial charge >= 0.3 is 0 Å². The van der Waals surface area contributed by atoms with Crippen molar-refractivity contribution in [2.24, 2.45) is 0 Å². The molecular weight excluding hydrogens is 262 g/mol. The number of ether oxygens (including phenoxy) is 2. The second kappa shape index (κ2) is 6.08. The molecule has 21 heavy (non-hydrogen) atoms. The average Bonchev–Trinajstić information content (AvgIpc) is 3.00. The summed E-state index contributed by atoms with van der Waals surface area (Å²) in [4.78, 5) is 0. The van der Waals surface area contributed by atoms with E-state index in [0.717, 1.165) is 23.6 Å². The minimum absolute atomic E-state index is 0.742. The average molecular weight is 283 g/mol. The van der Waals surface area contributed by atoms with Crippen LogP contribution in [0.4, 0.5) is 5.69 Å². The van der Waals surface area contributed by atoms with Gasteiger partial charge in [0.1, 0.15) is 11.5 Å². The van der Waals surface area contributed by atoms with Crippen molar-refractivity contribution in [2.45, 2.75) is 25.8 Å². The predicted molar refractivity (Wildman–Crippen MR) is 85.3 cm³/mol. The van der Waals surface area contributed by atoms with Gasteiger partial charge in [-0.1, -0.05) is 6.07 Å². The second-order valence-corrected chi connectivity index (χ2v) is 5.37. The van der Waals surface area contributed by atoms with E-state index >= 15 is 0 Å². The molecule has 110 valence electrons. The Kier molecular flexibility index (Phi) is 4.00. The number of anilines is 1. The molecule has 3 nitrogen and oxygen atoms in total. The third-order valence-corrected chi connectivity index (χ3v) is 4.08. The SMILES string of the molecule is COc1ccc(CNc2ccc3c(c2)CCC3)c(OC)c1. The number of fused-ring (bicyclic) bond motifs is 1. The predicted octanol–water partition coefficient (Wildman–Crippen LogP) is 3.80. The molecule has 2 aromatic rings. The fourth-order valence-electron chi connectivity index (χ4n) is 2.88. The maximum absolute atomic E-state index is 5.43. The van der Waals surface area contributed by atoms with Crippen LogP contribution in [0.5, 0.6) is 11.5 Å². The highest BCUT2D eigenvalue weighted by molar-refractivity contribution is 5.51. The van der Waals surface area contributed by atoms with Crippen molar-refractivity contribution in [1.82, 2.24) is 0 Å². The standard InChI is InChI=1S/C18H21NO2/c1-20-17-9-7-15(18(11-17)21-2)12-19-16-8-6-13-4-3-5-14(13)10-16/h6-11,19H,3-5,12H2,1-2H3. The zero-order chi connectivity index (χ0) is 14.7. The van der Waals surface area contributed by atoms with E-state index in [1.165, 1.54) is 36.1 Å². The van der Waals surface area contributed by atoms with Gasteiger partial charge in [-0.05, 0) is 54.7 Å². The molecule has 0 fully saturated rings. The van der Waals surface area contributed by atoms with Crippen molar-refractivity contribution in [2.75, 3.05) is 19.5 Å². The van der Waals surface area contributed by atoms with E-state index in [0.29, 0.717) is 0 Å². The topological polar surface area (TPSA) is 30.5 Å². The van der Waals surface area contributed by atoms with Crippen LogP contribution < -0.4 is 14.8 Å². The molecule has 0 unspecified atom stereocenters. The Balaban J connectivity index is 1.72. The summed E-state index contributed by atoms with van der Waals surface area (Å²) < 4.78 is 10.7. The van der Waals surface area contributed by atoms with Crippen LogP contribution >= 0.6 is 0 Å². The van der Waals surface area contributed by atoms with Crippen molar-refractivity contribution in [3.8, 4) is 11.5 Å². The third kappa shape index (κ3) is 2.97. The monoisotopic (exact) mass is 283 g/mol. The van der Waals surface area contributed by atoms with Gasteiger partial charge in [0.15, 0.2) is 0 Å². The molecular formula is C18H21NO2. The highest BCUT2D eigenvalue weighted by Crippen LogP contribution is 2.27. The Morgan fingerprint density at radius 1 is 0.952 bits per heavy atom. The van der Waals surface area contributed by atoms with Crippen LogP contribution in [0.3, 0.4) is 0 Å². The van der Waals surface area contributed by atoms with E-state index in [2.05, 4.69) is 23.5 Å². The van der Waals surface area contributed by atoms with Gasteiger partial charge in [0.05, 0.1) is 14.2 Å². The minimum Gasteiger partial charge on any atom is -0.497 e. The van der Waals surface area contributed by atoms with Crippen LogP contribution in [0.25, 0.3) is 0 Å². The highest BCUT2D eigenvalue weighted by Gasteiger charge is 2.11. The van der Waals surface area contributed by atoms with Crippen molar-refractivity contribution in [3.05, 3.63) is 53.1 Å². The quantitative estimate of drug-likeness (QED) is 0.905. The maximum atomic E-state index is 5.43. The largest absolute Gasteiger partial charge is 0.497 e. The Labute approximate surface area is 125 Å². The fourth-order valence-corrected chi connectivity index (χ4v) is 2.88. The number of nitrogens with one attached hydrogen (secondary N) is 1. The lowest BCUT2D eigenvalue weighted by Gasteiger charge is -2.13. The van der Waals surface area contributed by atoms with E-state index in [4.69, 9.17) is 9.47 Å². The van der Waals surface area contributed by atoms with E-state index in [1.54, 1.807) is 14.2 Å². The van der Waals surface area contributed by atoms with Crippen LogP contribution in [0.2, 0.25) is 0 Å². The molecule has 2 aromatic carbocycles. The lowest BCUT2D eigenvalue weighted by molar-refractivity contribution is 0.391. The van der Waals surface area contributed by atoms with Gasteiger partial charge in [0.2, 0.25) is 0 Å². The van der Waals surface area contributed by atoms with E-state index in [1.807, 2.05) is 18.2 Å². The molecule has 0 aromatic heterocycles. The Morgan fingerprint density at radius 3 is 2.62 bits per heavy atom. The number of methoxy groups -OCH3 is 2. The van der Waals surface area contributed by atoms with Crippen molar-refractivity contribution in [1.29, 1.82) is 0 Å². The summed E-state index contributed by atoms with van der Waals surface area (Å²) in [5.41, 5.74) is 5.29. The highest BCUT2D eigenvalue weighted by atomic mass is 16.5. The zero-order valence-corrected chi connectivity index (χ0v) is 12.6. The van der Waals surface area contributed by atoms with E-state index in [9.17, 15) is 0 Å². The van der Waals surface area contributed by atoms with Gasteiger partial charge < -0.3 is 14.8 Å². The van der Waals surface area contributed by atoms with Gasteiger partial charge in [0, 0.05) is 23.9 Å². The molecule has 0 saturated carbocycles. The molecule has 0 atom stereocenters. The molecule has 3 rings (SSSR count). The number of hydrogen-bond acceptors (Lipinski definition) is 3. The van der Waals surface area contributed by atoms with Crippen LogP contribution in [0.1, 0.15) is 23.1 Å². The maximum Gasteiger partial charge on any atom is 0.127 e. The Bertz CT molecular complexity index is 637. The molecule has 1 N–H and O–H groups in total. The number of rotatable bonds is 5. The van der Waals surface area contributed by atoms with E-state index < -0.39 is 0 Å². The summed E-state index contributed by atoms with van der Waals surface area (Å²) in [5.74, 6) is 1.66. The van der Waals surface area contributed by atoms with Gasteiger partial charge in [-0.25, -0.2) is 0 Å². The Morgan fingerprint density at radius 2 is 1.81 bits per heavy atom. The molecule has 1 aliphatic rings. The zero-order valence-electron chi connectivity index (χ0n) is 12.6. The van der Waals surface area contributed by atoms with Gasteiger partial charge in [0.25, 0.3) is 0 Å². The number of aryl methyl sites for hydroxylation is 2. The number of benzene rings is 2. The molecule has 3 heteroatoms. The molecule has 0 radical (unpaired) electrons. The third-order valence-electron chi connectivity index (χ3n) is 4.08. The molecule has 1 aliphatic carbocycles. The second-order valence-electron chi connectivity index (χ2n) is 5.37. The lowest BCUT2D eigenvalue weighted by atomic mass is 10.1. The summed E-state index contributed by atoms with van der Waals surface area (Å²) in [6.07, 6.45) is 3.71. The van der Waals surface area contributed by atoms with Gasteiger partial charge in [-0.2, -0.15) is 0 Å². The molecule has 0 aliphatic heterocycles. The minimum atomic E-state index is 0.742. The first-order chi connectivity index (χ1) is 10.3. The first-order valence-electron chi connectivity index (χ1n) is 7.37. The molecule has 0 bridgehead atoms. The molecule has 0 heterocycles. The first-order valence-corrected chi connectivity index (χ1v) is 7.37. The summed E-state index contributed by atoms with van der Waals surface area (Å²) in [5, 5.41) is 3.48. The number of hydrogen-bond donors (Lipinski definition) is 1.